The molecular weight excluding hydrogens is 344 g/mol. The highest BCUT2D eigenvalue weighted by Crippen LogP contribution is 2.42. The second kappa shape index (κ2) is 5.57. The molecule has 1 aliphatic rings. The number of fused-ring (bicyclic) bond motifs is 1. The van der Waals surface area contributed by atoms with E-state index in [4.69, 9.17) is 11.6 Å². The normalized spacial score (nSPS) is 14.3. The highest BCUT2D eigenvalue weighted by Gasteiger charge is 2.28. The Balaban J connectivity index is 1.99. The molecule has 124 valence electrons. The first-order valence-corrected chi connectivity index (χ1v) is 9.04. The number of nitrogens with one attached hydrogen (secondary N) is 1. The predicted molar refractivity (Wildman–Crippen MR) is 96.8 cm³/mol. The molecule has 0 aromatic carbocycles. The molecule has 3 heterocycles. The van der Waals surface area contributed by atoms with Gasteiger partial charge in [-0.2, -0.15) is 5.10 Å². The summed E-state index contributed by atoms with van der Waals surface area (Å²) in [5.74, 6) is -0.0347. The number of hydrogen-bond donors (Lipinski definition) is 1. The Morgan fingerprint density at radius 1 is 1.42 bits per heavy atom. The summed E-state index contributed by atoms with van der Waals surface area (Å²) in [5.41, 5.74) is 3.54. The van der Waals surface area contributed by atoms with Gasteiger partial charge in [-0.3, -0.25) is 9.48 Å². The Labute approximate surface area is 148 Å². The van der Waals surface area contributed by atoms with Crippen LogP contribution in [0.25, 0.3) is 21.3 Å². The molecule has 0 spiro atoms. The fourth-order valence-electron chi connectivity index (χ4n) is 2.89. The van der Waals surface area contributed by atoms with Crippen molar-refractivity contribution in [2.75, 3.05) is 0 Å². The maximum atomic E-state index is 12.8. The summed E-state index contributed by atoms with van der Waals surface area (Å²) in [5, 5.41) is 8.94. The minimum absolute atomic E-state index is 0.0347. The van der Waals surface area contributed by atoms with Crippen molar-refractivity contribution < 1.29 is 4.79 Å². The van der Waals surface area contributed by atoms with Gasteiger partial charge in [-0.15, -0.1) is 11.3 Å². The molecule has 1 N–H and O–H groups in total. The third-order valence-electron chi connectivity index (χ3n) is 4.29. The summed E-state index contributed by atoms with van der Waals surface area (Å²) in [7, 11) is 1.87. The van der Waals surface area contributed by atoms with Crippen molar-refractivity contribution in [1.29, 1.82) is 0 Å². The second-order valence-electron chi connectivity index (χ2n) is 6.27. The highest BCUT2D eigenvalue weighted by molar-refractivity contribution is 7.21. The predicted octanol–water partition coefficient (Wildman–Crippen LogP) is 3.86. The summed E-state index contributed by atoms with van der Waals surface area (Å²) in [6, 6.07) is 0.309. The molecule has 0 atom stereocenters. The zero-order chi connectivity index (χ0) is 17.0. The van der Waals surface area contributed by atoms with Gasteiger partial charge in [-0.05, 0) is 32.3 Å². The number of carbonyl (C=O) groups is 1. The SMILES string of the molecule is Cc1nc2sc(C(=O)NC3CC3)c(-c3cnn(C)c3)c2c(C)c1Cl. The molecule has 0 aliphatic heterocycles. The van der Waals surface area contributed by atoms with Crippen LogP contribution in [0, 0.1) is 13.8 Å². The third kappa shape index (κ3) is 2.50. The topological polar surface area (TPSA) is 59.8 Å². The molecule has 0 bridgehead atoms. The summed E-state index contributed by atoms with van der Waals surface area (Å²) >= 11 is 7.85. The van der Waals surface area contributed by atoms with Gasteiger partial charge in [0.1, 0.15) is 9.71 Å². The van der Waals surface area contributed by atoms with Gasteiger partial charge in [-0.1, -0.05) is 11.6 Å². The van der Waals surface area contributed by atoms with Crippen molar-refractivity contribution in [3.05, 3.63) is 33.6 Å². The van der Waals surface area contributed by atoms with E-state index in [1.54, 1.807) is 10.9 Å². The van der Waals surface area contributed by atoms with Crippen LogP contribution < -0.4 is 5.32 Å². The zero-order valence-corrected chi connectivity index (χ0v) is 15.3. The Morgan fingerprint density at radius 3 is 2.79 bits per heavy atom. The Hall–Kier alpha value is -1.92. The van der Waals surface area contributed by atoms with Crippen LogP contribution in [-0.2, 0) is 7.05 Å². The number of amides is 1. The van der Waals surface area contributed by atoms with E-state index in [2.05, 4.69) is 15.4 Å². The van der Waals surface area contributed by atoms with E-state index < -0.39 is 0 Å². The van der Waals surface area contributed by atoms with Crippen molar-refractivity contribution in [2.24, 2.45) is 7.05 Å². The Bertz CT molecular complexity index is 971. The van der Waals surface area contributed by atoms with Gasteiger partial charge in [-0.25, -0.2) is 4.98 Å². The molecule has 5 nitrogen and oxygen atoms in total. The van der Waals surface area contributed by atoms with E-state index in [0.29, 0.717) is 15.9 Å². The monoisotopic (exact) mass is 360 g/mol. The van der Waals surface area contributed by atoms with Crippen LogP contribution in [0.2, 0.25) is 5.02 Å². The lowest BCUT2D eigenvalue weighted by molar-refractivity contribution is 0.0956. The minimum Gasteiger partial charge on any atom is -0.349 e. The molecular formula is C17H17ClN4OS. The highest BCUT2D eigenvalue weighted by atomic mass is 35.5. The largest absolute Gasteiger partial charge is 0.349 e. The van der Waals surface area contributed by atoms with Crippen molar-refractivity contribution in [1.82, 2.24) is 20.1 Å². The van der Waals surface area contributed by atoms with Crippen LogP contribution in [0.4, 0.5) is 0 Å². The van der Waals surface area contributed by atoms with Crippen LogP contribution in [-0.4, -0.2) is 26.7 Å². The molecule has 3 aromatic rings. The van der Waals surface area contributed by atoms with E-state index in [0.717, 1.165) is 45.4 Å². The number of halogens is 1. The number of aryl methyl sites for hydroxylation is 3. The third-order valence-corrected chi connectivity index (χ3v) is 5.93. The molecule has 7 heteroatoms. The van der Waals surface area contributed by atoms with Gasteiger partial charge in [0.25, 0.3) is 5.91 Å². The van der Waals surface area contributed by atoms with Gasteiger partial charge < -0.3 is 5.32 Å². The quantitative estimate of drug-likeness (QED) is 0.771. The second-order valence-corrected chi connectivity index (χ2v) is 7.65. The average Bonchev–Trinajstić information content (AvgIpc) is 3.11. The maximum Gasteiger partial charge on any atom is 0.262 e. The number of nitrogens with zero attached hydrogens (tertiary/aromatic N) is 3. The van der Waals surface area contributed by atoms with Crippen LogP contribution in [0.3, 0.4) is 0 Å². The number of carbonyl (C=O) groups excluding carboxylic acids is 1. The molecule has 0 unspecified atom stereocenters. The van der Waals surface area contributed by atoms with E-state index in [1.807, 2.05) is 27.1 Å². The standard InChI is InChI=1S/C17H17ClN4OS/c1-8-12-13(10-6-19-22(3)7-10)15(16(23)21-11-4-5-11)24-17(12)20-9(2)14(8)18/h6-7,11H,4-5H2,1-3H3,(H,21,23). The summed E-state index contributed by atoms with van der Waals surface area (Å²) in [6.45, 7) is 3.87. The molecule has 3 aromatic heterocycles. The summed E-state index contributed by atoms with van der Waals surface area (Å²) in [6.07, 6.45) is 5.81. The van der Waals surface area contributed by atoms with Crippen LogP contribution in [0.1, 0.15) is 33.8 Å². The first kappa shape index (κ1) is 15.6. The lowest BCUT2D eigenvalue weighted by atomic mass is 10.0. The first-order valence-electron chi connectivity index (χ1n) is 7.84. The van der Waals surface area contributed by atoms with E-state index >= 15 is 0 Å². The Kier molecular flexibility index (Phi) is 3.62. The van der Waals surface area contributed by atoms with Gasteiger partial charge in [0.2, 0.25) is 0 Å². The average molecular weight is 361 g/mol. The zero-order valence-electron chi connectivity index (χ0n) is 13.7. The van der Waals surface area contributed by atoms with Crippen molar-refractivity contribution >= 4 is 39.1 Å². The fraction of sp³-hybridized carbons (Fsp3) is 0.353. The summed E-state index contributed by atoms with van der Waals surface area (Å²) in [4.78, 5) is 18.9. The van der Waals surface area contributed by atoms with Gasteiger partial charge in [0, 0.05) is 35.8 Å². The molecule has 1 fully saturated rings. The fourth-order valence-corrected chi connectivity index (χ4v) is 4.24. The number of thiophene rings is 1. The van der Waals surface area contributed by atoms with Crippen molar-refractivity contribution in [3.8, 4) is 11.1 Å². The number of pyridine rings is 1. The van der Waals surface area contributed by atoms with Crippen molar-refractivity contribution in [3.63, 3.8) is 0 Å². The Morgan fingerprint density at radius 2 is 2.17 bits per heavy atom. The van der Waals surface area contributed by atoms with Gasteiger partial charge >= 0.3 is 0 Å². The van der Waals surface area contributed by atoms with E-state index in [9.17, 15) is 4.79 Å². The molecule has 1 aliphatic carbocycles. The lowest BCUT2D eigenvalue weighted by Crippen LogP contribution is -2.24. The maximum absolute atomic E-state index is 12.8. The van der Waals surface area contributed by atoms with E-state index in [1.165, 1.54) is 11.3 Å². The molecule has 4 rings (SSSR count). The molecule has 0 radical (unpaired) electrons. The molecule has 24 heavy (non-hydrogen) atoms. The number of hydrogen-bond acceptors (Lipinski definition) is 4. The number of aromatic nitrogens is 3. The molecule has 1 amide bonds. The number of rotatable bonds is 3. The van der Waals surface area contributed by atoms with Crippen LogP contribution in [0.15, 0.2) is 12.4 Å². The summed E-state index contributed by atoms with van der Waals surface area (Å²) < 4.78 is 1.74. The smallest absolute Gasteiger partial charge is 0.262 e. The van der Waals surface area contributed by atoms with Gasteiger partial charge in [0.15, 0.2) is 0 Å². The van der Waals surface area contributed by atoms with Gasteiger partial charge in [0.05, 0.1) is 16.9 Å². The molecule has 0 saturated heterocycles. The van der Waals surface area contributed by atoms with E-state index in [-0.39, 0.29) is 5.91 Å². The minimum atomic E-state index is -0.0347. The van der Waals surface area contributed by atoms with Crippen LogP contribution >= 0.6 is 22.9 Å². The van der Waals surface area contributed by atoms with Crippen LogP contribution in [0.5, 0.6) is 0 Å². The molecule has 1 saturated carbocycles. The van der Waals surface area contributed by atoms with Crippen molar-refractivity contribution in [2.45, 2.75) is 32.7 Å². The lowest BCUT2D eigenvalue weighted by Gasteiger charge is -2.07. The first-order chi connectivity index (χ1) is 11.5.